The highest BCUT2D eigenvalue weighted by Gasteiger charge is 2.41. The Bertz CT molecular complexity index is 2300. The van der Waals surface area contributed by atoms with Gasteiger partial charge in [-0.25, -0.2) is 9.59 Å². The first-order chi connectivity index (χ1) is 27.6. The number of aliphatic hydroxyl groups is 1. The lowest BCUT2D eigenvalue weighted by molar-refractivity contribution is 0.0837. The molecule has 0 spiro atoms. The van der Waals surface area contributed by atoms with E-state index >= 15 is 0 Å². The van der Waals surface area contributed by atoms with Crippen LogP contribution >= 0.6 is 11.6 Å². The number of piperidine rings is 3. The van der Waals surface area contributed by atoms with Gasteiger partial charge < -0.3 is 40.0 Å². The Morgan fingerprint density at radius 1 is 1.04 bits per heavy atom. The number of ether oxygens (including phenoxy) is 2. The maximum atomic E-state index is 12.9. The first kappa shape index (κ1) is 39.6. The average molecular weight is 796 g/mol. The summed E-state index contributed by atoms with van der Waals surface area (Å²) in [6.07, 6.45) is 0.460. The first-order valence-corrected chi connectivity index (χ1v) is 19.4. The number of hydrogen-bond acceptors (Lipinski definition) is 9. The summed E-state index contributed by atoms with van der Waals surface area (Å²) in [5.74, 6) is 0.681. The predicted octanol–water partition coefficient (Wildman–Crippen LogP) is 7.15. The number of amides is 2. The number of phenols is 1. The van der Waals surface area contributed by atoms with Gasteiger partial charge in [0.2, 0.25) is 5.56 Å². The Kier molecular flexibility index (Phi) is 12.3. The Hall–Kier alpha value is -5.60. The summed E-state index contributed by atoms with van der Waals surface area (Å²) in [4.78, 5) is 44.0. The molecule has 4 heterocycles. The molecule has 1 aromatic heterocycles. The number of anilines is 2. The molecule has 0 aliphatic carbocycles. The molecular weight excluding hydrogens is 750 g/mol. The highest BCUT2D eigenvalue weighted by molar-refractivity contribution is 6.33. The van der Waals surface area contributed by atoms with Crippen LogP contribution in [0.3, 0.4) is 0 Å². The first-order valence-electron chi connectivity index (χ1n) is 19.1. The highest BCUT2D eigenvalue weighted by Crippen LogP contribution is 2.39. The minimum Gasteiger partial charge on any atom is -0.506 e. The number of aliphatic hydroxyl groups excluding tert-OH is 1. The topological polar surface area (TPSA) is 177 Å². The number of carboxylic acid groups (broad SMARTS) is 1. The van der Waals surface area contributed by atoms with Gasteiger partial charge in [0.25, 0.3) is 0 Å². The van der Waals surface area contributed by atoms with E-state index in [0.717, 1.165) is 49.2 Å². The monoisotopic (exact) mass is 795 g/mol. The molecule has 3 aliphatic rings. The number of pyridine rings is 1. The molecular formula is C43H46ClN5O8. The Morgan fingerprint density at radius 3 is 2.54 bits per heavy atom. The number of nitrogens with zero attached hydrogens (tertiary/aromatic N) is 2. The fraction of sp³-hybridized carbons (Fsp3) is 0.326. The number of carbonyl (C=O) groups excluding carboxylic acids is 1. The lowest BCUT2D eigenvalue weighted by Crippen LogP contribution is -2.59. The summed E-state index contributed by atoms with van der Waals surface area (Å²) in [6.45, 7) is 3.28. The van der Waals surface area contributed by atoms with Crippen LogP contribution in [-0.2, 0) is 17.7 Å². The van der Waals surface area contributed by atoms with Crippen LogP contribution in [0.25, 0.3) is 22.0 Å². The van der Waals surface area contributed by atoms with E-state index < -0.39 is 18.3 Å². The van der Waals surface area contributed by atoms with Gasteiger partial charge in [-0.2, -0.15) is 0 Å². The maximum Gasteiger partial charge on any atom is 0.412 e. The van der Waals surface area contributed by atoms with Crippen LogP contribution in [0.2, 0.25) is 5.02 Å². The molecule has 3 saturated heterocycles. The van der Waals surface area contributed by atoms with Crippen molar-refractivity contribution in [1.82, 2.24) is 15.2 Å². The molecule has 13 nitrogen and oxygen atoms in total. The van der Waals surface area contributed by atoms with Crippen molar-refractivity contribution in [3.05, 3.63) is 117 Å². The SMILES string of the molecule is COc1cc(NC(=O)OCCCc2ccc(-c3ccccc3)c(N(C(=O)O)[C@H]3CN4CCC3CC4)c2)c(Cl)cc1CNC[C@H](O)c1ccc(O)c2[nH]c(=O)ccc12. The smallest absolute Gasteiger partial charge is 0.412 e. The van der Waals surface area contributed by atoms with Gasteiger partial charge >= 0.3 is 12.2 Å². The van der Waals surface area contributed by atoms with Gasteiger partial charge in [0.05, 0.1) is 47.8 Å². The van der Waals surface area contributed by atoms with Crippen molar-refractivity contribution in [3.63, 3.8) is 0 Å². The van der Waals surface area contributed by atoms with Crippen molar-refractivity contribution < 1.29 is 34.4 Å². The van der Waals surface area contributed by atoms with E-state index in [0.29, 0.717) is 52.4 Å². The summed E-state index contributed by atoms with van der Waals surface area (Å²) < 4.78 is 11.1. The molecule has 0 unspecified atom stereocenters. The zero-order valence-corrected chi connectivity index (χ0v) is 32.3. The number of methoxy groups -OCH3 is 1. The number of carbonyl (C=O) groups is 2. The van der Waals surface area contributed by atoms with Gasteiger partial charge in [0.15, 0.2) is 0 Å². The predicted molar refractivity (Wildman–Crippen MR) is 220 cm³/mol. The minimum atomic E-state index is -0.957. The second kappa shape index (κ2) is 17.7. The molecule has 2 amide bonds. The van der Waals surface area contributed by atoms with Crippen LogP contribution in [-0.4, -0.2) is 83.3 Å². The summed E-state index contributed by atoms with van der Waals surface area (Å²) in [5, 5.41) is 38.3. The number of hydrogen-bond donors (Lipinski definition) is 6. The van der Waals surface area contributed by atoms with E-state index in [-0.39, 0.29) is 47.6 Å². The second-order valence-corrected chi connectivity index (χ2v) is 14.9. The van der Waals surface area contributed by atoms with E-state index in [1.807, 2.05) is 48.5 Å². The zero-order chi connectivity index (χ0) is 40.1. The lowest BCUT2D eigenvalue weighted by atomic mass is 9.82. The molecule has 3 aliphatic heterocycles. The van der Waals surface area contributed by atoms with Crippen LogP contribution in [0.1, 0.15) is 42.1 Å². The minimum absolute atomic E-state index is 0.0901. The third-order valence-electron chi connectivity index (χ3n) is 10.9. The molecule has 5 aromatic rings. The van der Waals surface area contributed by atoms with Gasteiger partial charge in [0.1, 0.15) is 11.5 Å². The van der Waals surface area contributed by atoms with E-state index in [2.05, 4.69) is 20.5 Å². The number of H-pyrrole nitrogens is 1. The molecule has 0 saturated carbocycles. The van der Waals surface area contributed by atoms with Gasteiger partial charge in [-0.1, -0.05) is 60.1 Å². The second-order valence-electron chi connectivity index (χ2n) is 14.5. The normalized spacial score (nSPS) is 17.9. The molecule has 3 fully saturated rings. The van der Waals surface area contributed by atoms with Gasteiger partial charge in [-0.05, 0) is 85.6 Å². The standard InChI is InChI=1S/C43H46ClN5O8/c1-56-39-22-34(33(44)21-29(39)23-45-24-38(51)31-11-13-37(50)41-32(31)12-14-40(52)47-41)46-42(53)57-19-5-6-26-9-10-30(27-7-3-2-4-8-27)35(20-26)49(43(54)55)36-25-48-17-15-28(36)16-18-48/h2-4,7-14,20-22,28,36,38,45,50-51H,5-6,15-19,23-25H2,1H3,(H,46,53)(H,47,52)(H,54,55)/t36-,38-/m0/s1. The Labute approximate surface area is 334 Å². The van der Waals surface area contributed by atoms with Gasteiger partial charge in [0, 0.05) is 48.3 Å². The molecule has 4 aromatic carbocycles. The van der Waals surface area contributed by atoms with E-state index in [4.69, 9.17) is 21.1 Å². The van der Waals surface area contributed by atoms with Crippen molar-refractivity contribution in [2.75, 3.05) is 50.1 Å². The number of nitrogens with one attached hydrogen (secondary N) is 3. The number of aromatic nitrogens is 1. The number of fused-ring (bicyclic) bond motifs is 4. The summed E-state index contributed by atoms with van der Waals surface area (Å²) in [5.41, 5.74) is 4.83. The number of phenolic OH excluding ortho intramolecular Hbond substituents is 1. The number of rotatable bonds is 14. The zero-order valence-electron chi connectivity index (χ0n) is 31.5. The molecule has 14 heteroatoms. The molecule has 298 valence electrons. The van der Waals surface area contributed by atoms with Crippen LogP contribution in [0, 0.1) is 5.92 Å². The van der Waals surface area contributed by atoms with Crippen LogP contribution < -0.4 is 25.8 Å². The highest BCUT2D eigenvalue weighted by atomic mass is 35.5. The van der Waals surface area contributed by atoms with E-state index in [1.54, 1.807) is 29.2 Å². The molecule has 2 bridgehead atoms. The lowest BCUT2D eigenvalue weighted by Gasteiger charge is -2.48. The molecule has 0 radical (unpaired) electrons. The van der Waals surface area contributed by atoms with E-state index in [1.165, 1.54) is 19.2 Å². The number of benzene rings is 4. The summed E-state index contributed by atoms with van der Waals surface area (Å²) >= 11 is 6.57. The Morgan fingerprint density at radius 2 is 1.82 bits per heavy atom. The third-order valence-corrected chi connectivity index (χ3v) is 11.2. The molecule has 2 atom stereocenters. The number of aromatic hydroxyl groups is 1. The number of aromatic amines is 1. The van der Waals surface area contributed by atoms with Crippen molar-refractivity contribution in [1.29, 1.82) is 0 Å². The number of halogens is 1. The van der Waals surface area contributed by atoms with Crippen molar-refractivity contribution in [3.8, 4) is 22.6 Å². The third kappa shape index (κ3) is 9.02. The maximum absolute atomic E-state index is 12.9. The largest absolute Gasteiger partial charge is 0.506 e. The van der Waals surface area contributed by atoms with Crippen molar-refractivity contribution in [2.24, 2.45) is 5.92 Å². The van der Waals surface area contributed by atoms with Gasteiger partial charge in [-0.15, -0.1) is 0 Å². The molecule has 57 heavy (non-hydrogen) atoms. The van der Waals surface area contributed by atoms with Crippen LogP contribution in [0.15, 0.2) is 89.7 Å². The average Bonchev–Trinajstić information content (AvgIpc) is 3.21. The summed E-state index contributed by atoms with van der Waals surface area (Å²) in [7, 11) is 1.50. The quantitative estimate of drug-likeness (QED) is 0.0634. The Balaban J connectivity index is 0.951. The van der Waals surface area contributed by atoms with Crippen LogP contribution in [0.4, 0.5) is 21.0 Å². The fourth-order valence-electron chi connectivity index (χ4n) is 8.05. The number of aryl methyl sites for hydroxylation is 1. The van der Waals surface area contributed by atoms with Crippen LogP contribution in [0.5, 0.6) is 11.5 Å². The molecule has 8 rings (SSSR count). The van der Waals surface area contributed by atoms with Crippen molar-refractivity contribution in [2.45, 2.75) is 44.4 Å². The summed E-state index contributed by atoms with van der Waals surface area (Å²) in [6, 6.07) is 24.8. The molecule has 6 N–H and O–H groups in total. The van der Waals surface area contributed by atoms with Crippen molar-refractivity contribution >= 4 is 46.1 Å². The fourth-order valence-corrected chi connectivity index (χ4v) is 8.29. The van der Waals surface area contributed by atoms with Gasteiger partial charge in [-0.3, -0.25) is 15.0 Å². The van der Waals surface area contributed by atoms with E-state index in [9.17, 15) is 29.7 Å².